The third kappa shape index (κ3) is 4.95. The SMILES string of the molecule is CC=CC1=C(C)[C]([Zr+2][C]2=CCC(C=CC)=C2C)=CC1.[Cl-].[Cl-]. The van der Waals surface area contributed by atoms with E-state index < -0.39 is 23.2 Å². The van der Waals surface area contributed by atoms with Crippen LogP contribution in [0, 0.1) is 0 Å². The van der Waals surface area contributed by atoms with Gasteiger partial charge in [0, 0.05) is 0 Å². The van der Waals surface area contributed by atoms with E-state index in [1.165, 1.54) is 11.1 Å². The van der Waals surface area contributed by atoms with Gasteiger partial charge in [0.15, 0.2) is 0 Å². The second kappa shape index (κ2) is 9.83. The predicted octanol–water partition coefficient (Wildman–Crippen LogP) is -0.563. The molecule has 112 valence electrons. The van der Waals surface area contributed by atoms with Gasteiger partial charge in [0.2, 0.25) is 0 Å². The standard InChI is InChI=1S/2C9H11.2ClH.Zr/c2*1-3-5-9-7-4-6-8(9)2;;;/h2*3-5H,7H2,1-2H3;2*1H;/q;;;;+2/p-2. The summed E-state index contributed by atoms with van der Waals surface area (Å²) in [7, 11) is 0. The van der Waals surface area contributed by atoms with Crippen LogP contribution < -0.4 is 24.8 Å². The minimum atomic E-state index is -0.600. The van der Waals surface area contributed by atoms with Crippen molar-refractivity contribution in [1.82, 2.24) is 0 Å². The van der Waals surface area contributed by atoms with E-state index in [0.29, 0.717) is 0 Å². The van der Waals surface area contributed by atoms with E-state index in [4.69, 9.17) is 0 Å². The average molecular weight is 401 g/mol. The van der Waals surface area contributed by atoms with Gasteiger partial charge in [-0.25, -0.2) is 0 Å². The van der Waals surface area contributed by atoms with Crippen molar-refractivity contribution < 1.29 is 48.0 Å². The minimum Gasteiger partial charge on any atom is -1.00 e. The molecule has 0 atom stereocenters. The Hall–Kier alpha value is -0.0969. The van der Waals surface area contributed by atoms with E-state index in [1.54, 1.807) is 17.7 Å². The van der Waals surface area contributed by atoms with Gasteiger partial charge in [-0.05, 0) is 0 Å². The fraction of sp³-hybridized carbons (Fsp3) is 0.333. The van der Waals surface area contributed by atoms with Gasteiger partial charge >= 0.3 is 129 Å². The quantitative estimate of drug-likeness (QED) is 0.594. The third-order valence-electron chi connectivity index (χ3n) is 3.83. The van der Waals surface area contributed by atoms with Crippen molar-refractivity contribution in [3.05, 3.63) is 65.3 Å². The van der Waals surface area contributed by atoms with Gasteiger partial charge < -0.3 is 24.8 Å². The van der Waals surface area contributed by atoms with Gasteiger partial charge in [-0.2, -0.15) is 0 Å². The molecule has 2 aliphatic rings. The molecule has 0 nitrogen and oxygen atoms in total. The van der Waals surface area contributed by atoms with Crippen LogP contribution in [0.3, 0.4) is 0 Å². The van der Waals surface area contributed by atoms with E-state index in [-0.39, 0.29) is 24.8 Å². The van der Waals surface area contributed by atoms with Crippen LogP contribution in [0.5, 0.6) is 0 Å². The summed E-state index contributed by atoms with van der Waals surface area (Å²) in [6, 6.07) is 0. The Labute approximate surface area is 153 Å². The molecule has 0 saturated heterocycles. The molecule has 0 amide bonds. The molecular weight excluding hydrogens is 378 g/mol. The van der Waals surface area contributed by atoms with Crippen molar-refractivity contribution in [1.29, 1.82) is 0 Å². The van der Waals surface area contributed by atoms with Crippen LogP contribution >= 0.6 is 0 Å². The minimum absolute atomic E-state index is 0. The van der Waals surface area contributed by atoms with E-state index in [9.17, 15) is 0 Å². The molecule has 21 heavy (non-hydrogen) atoms. The van der Waals surface area contributed by atoms with E-state index in [0.717, 1.165) is 12.8 Å². The Bertz CT molecular complexity index is 508. The molecule has 3 heteroatoms. The van der Waals surface area contributed by atoms with E-state index >= 15 is 0 Å². The summed E-state index contributed by atoms with van der Waals surface area (Å²) < 4.78 is 3.37. The van der Waals surface area contributed by atoms with Gasteiger partial charge in [0.1, 0.15) is 0 Å². The van der Waals surface area contributed by atoms with Crippen molar-refractivity contribution >= 4 is 0 Å². The fourth-order valence-electron chi connectivity index (χ4n) is 2.61. The normalized spacial score (nSPS) is 17.9. The third-order valence-corrected chi connectivity index (χ3v) is 8.00. The average Bonchev–Trinajstić information content (AvgIpc) is 2.90. The molecule has 0 aromatic heterocycles. The summed E-state index contributed by atoms with van der Waals surface area (Å²) in [4.78, 5) is 0. The second-order valence-corrected chi connectivity index (χ2v) is 8.33. The van der Waals surface area contributed by atoms with Gasteiger partial charge in [-0.3, -0.25) is 0 Å². The van der Waals surface area contributed by atoms with Gasteiger partial charge in [0.05, 0.1) is 0 Å². The van der Waals surface area contributed by atoms with Crippen molar-refractivity contribution in [2.24, 2.45) is 0 Å². The Morgan fingerprint density at radius 2 is 1.19 bits per heavy atom. The number of halogens is 2. The molecular formula is C18H22Cl2Zr. The summed E-state index contributed by atoms with van der Waals surface area (Å²) >= 11 is -0.600. The summed E-state index contributed by atoms with van der Waals surface area (Å²) in [5.74, 6) is 0. The van der Waals surface area contributed by atoms with Crippen LogP contribution in [0.2, 0.25) is 0 Å². The van der Waals surface area contributed by atoms with E-state index in [2.05, 4.69) is 64.2 Å². The molecule has 2 aliphatic carbocycles. The molecule has 0 heterocycles. The zero-order valence-electron chi connectivity index (χ0n) is 13.1. The Morgan fingerprint density at radius 1 is 0.810 bits per heavy atom. The fourth-order valence-corrected chi connectivity index (χ4v) is 6.03. The molecule has 0 aromatic carbocycles. The zero-order chi connectivity index (χ0) is 13.8. The van der Waals surface area contributed by atoms with Crippen LogP contribution in [-0.4, -0.2) is 0 Å². The molecule has 0 spiro atoms. The van der Waals surface area contributed by atoms with Crippen molar-refractivity contribution in [3.8, 4) is 0 Å². The number of rotatable bonds is 4. The van der Waals surface area contributed by atoms with Gasteiger partial charge in [-0.1, -0.05) is 0 Å². The largest absolute Gasteiger partial charge is 1.00 e. The monoisotopic (exact) mass is 398 g/mol. The van der Waals surface area contributed by atoms with Crippen LogP contribution in [0.15, 0.2) is 65.3 Å². The summed E-state index contributed by atoms with van der Waals surface area (Å²) in [5, 5.41) is 0. The molecule has 0 bridgehead atoms. The Morgan fingerprint density at radius 3 is 1.52 bits per heavy atom. The van der Waals surface area contributed by atoms with Crippen LogP contribution in [0.1, 0.15) is 40.5 Å². The summed E-state index contributed by atoms with van der Waals surface area (Å²) in [5.41, 5.74) is 6.15. The Kier molecular flexibility index (Phi) is 9.78. The Balaban J connectivity index is 0.00000200. The first kappa shape index (κ1) is 20.9. The van der Waals surface area contributed by atoms with Crippen molar-refractivity contribution in [2.75, 3.05) is 0 Å². The first-order valence-corrected chi connectivity index (χ1v) is 9.46. The summed E-state index contributed by atoms with van der Waals surface area (Å²) in [6.45, 7) is 8.81. The molecule has 2 rings (SSSR count). The number of hydrogen-bond donors (Lipinski definition) is 0. The first-order valence-electron chi connectivity index (χ1n) is 7.00. The molecule has 0 aromatic rings. The van der Waals surface area contributed by atoms with Gasteiger partial charge in [-0.15, -0.1) is 0 Å². The maximum atomic E-state index is 2.47. The summed E-state index contributed by atoms with van der Waals surface area (Å²) in [6.07, 6.45) is 16.1. The first-order chi connectivity index (χ1) is 9.17. The molecule has 0 N–H and O–H groups in total. The molecule has 0 fully saturated rings. The van der Waals surface area contributed by atoms with Crippen molar-refractivity contribution in [2.45, 2.75) is 40.5 Å². The van der Waals surface area contributed by atoms with Crippen LogP contribution in [0.25, 0.3) is 0 Å². The van der Waals surface area contributed by atoms with Crippen LogP contribution in [-0.2, 0) is 23.2 Å². The smallest absolute Gasteiger partial charge is 1.00 e. The zero-order valence-corrected chi connectivity index (χ0v) is 17.1. The number of hydrogen-bond acceptors (Lipinski definition) is 0. The van der Waals surface area contributed by atoms with Gasteiger partial charge in [0.25, 0.3) is 0 Å². The second-order valence-electron chi connectivity index (χ2n) is 5.07. The van der Waals surface area contributed by atoms with Crippen LogP contribution in [0.4, 0.5) is 0 Å². The predicted molar refractivity (Wildman–Crippen MR) is 80.4 cm³/mol. The maximum absolute atomic E-state index is 2.47. The van der Waals surface area contributed by atoms with Crippen molar-refractivity contribution in [3.63, 3.8) is 0 Å². The topological polar surface area (TPSA) is 0 Å². The molecule has 0 radical (unpaired) electrons. The molecule has 0 aliphatic heterocycles. The molecule has 0 unspecified atom stereocenters. The molecule has 0 saturated carbocycles. The number of allylic oxidation sites excluding steroid dienone is 12. The maximum Gasteiger partial charge on any atom is -1.00 e. The van der Waals surface area contributed by atoms with E-state index in [1.807, 2.05) is 0 Å².